The van der Waals surface area contributed by atoms with E-state index in [0.717, 1.165) is 24.2 Å². The molecule has 1 aromatic rings. The van der Waals surface area contributed by atoms with Gasteiger partial charge in [0.15, 0.2) is 5.69 Å². The molecule has 1 unspecified atom stereocenters. The molecule has 90 valence electrons. The van der Waals surface area contributed by atoms with Crippen molar-refractivity contribution in [3.63, 3.8) is 0 Å². The summed E-state index contributed by atoms with van der Waals surface area (Å²) in [5.41, 5.74) is -0.0716. The molecule has 1 heterocycles. The second-order valence-electron chi connectivity index (χ2n) is 3.37. The maximum atomic E-state index is 10.6. The molecule has 0 aliphatic carbocycles. The number of carbonyl (C=O) groups is 1. The van der Waals surface area contributed by atoms with Crippen LogP contribution < -0.4 is 5.32 Å². The van der Waals surface area contributed by atoms with Crippen LogP contribution in [0.25, 0.3) is 0 Å². The van der Waals surface area contributed by atoms with Crippen LogP contribution in [-0.4, -0.2) is 33.6 Å². The summed E-state index contributed by atoms with van der Waals surface area (Å²) in [6.07, 6.45) is 2.13. The highest BCUT2D eigenvalue weighted by Crippen LogP contribution is 2.11. The average molecular weight is 244 g/mol. The number of aromatic carboxylic acids is 1. The van der Waals surface area contributed by atoms with Gasteiger partial charge >= 0.3 is 5.97 Å². The summed E-state index contributed by atoms with van der Waals surface area (Å²) in [5, 5.41) is 11.7. The van der Waals surface area contributed by atoms with E-state index in [4.69, 9.17) is 9.52 Å². The number of thioether (sulfide) groups is 1. The molecular formula is C10H16N2O3S. The molecule has 0 fully saturated rings. The molecule has 5 nitrogen and oxygen atoms in total. The maximum Gasteiger partial charge on any atom is 0.357 e. The lowest BCUT2D eigenvalue weighted by atomic mass is 10.3. The van der Waals surface area contributed by atoms with Crippen molar-refractivity contribution in [2.24, 2.45) is 0 Å². The summed E-state index contributed by atoms with van der Waals surface area (Å²) in [6.45, 7) is 4.14. The molecule has 16 heavy (non-hydrogen) atoms. The number of carboxylic acid groups (broad SMARTS) is 1. The second-order valence-corrected chi connectivity index (χ2v) is 4.77. The fourth-order valence-corrected chi connectivity index (χ4v) is 1.93. The van der Waals surface area contributed by atoms with Crippen molar-refractivity contribution in [1.29, 1.82) is 0 Å². The van der Waals surface area contributed by atoms with Crippen LogP contribution in [0.5, 0.6) is 0 Å². The molecule has 2 N–H and O–H groups in total. The number of hydrogen-bond donors (Lipinski definition) is 2. The fraction of sp³-hybridized carbons (Fsp3) is 0.600. The molecule has 0 amide bonds. The van der Waals surface area contributed by atoms with Gasteiger partial charge in [0.25, 0.3) is 6.01 Å². The van der Waals surface area contributed by atoms with Crippen LogP contribution in [0, 0.1) is 0 Å². The van der Waals surface area contributed by atoms with Gasteiger partial charge in [-0.3, -0.25) is 0 Å². The van der Waals surface area contributed by atoms with E-state index in [0.29, 0.717) is 0 Å². The van der Waals surface area contributed by atoms with Crippen LogP contribution >= 0.6 is 11.8 Å². The number of oxazole rings is 1. The summed E-state index contributed by atoms with van der Waals surface area (Å²) in [6, 6.07) is 0.491. The molecule has 1 rings (SSSR count). The van der Waals surface area contributed by atoms with Gasteiger partial charge in [0.2, 0.25) is 0 Å². The lowest BCUT2D eigenvalue weighted by molar-refractivity contribution is 0.0690. The third-order valence-electron chi connectivity index (χ3n) is 1.99. The van der Waals surface area contributed by atoms with Crippen LogP contribution in [-0.2, 0) is 0 Å². The fourth-order valence-electron chi connectivity index (χ4n) is 1.13. The largest absolute Gasteiger partial charge is 0.476 e. The van der Waals surface area contributed by atoms with E-state index in [1.807, 2.05) is 18.7 Å². The van der Waals surface area contributed by atoms with E-state index in [-0.39, 0.29) is 17.8 Å². The predicted molar refractivity (Wildman–Crippen MR) is 64.2 cm³/mol. The van der Waals surface area contributed by atoms with Crippen molar-refractivity contribution in [3.8, 4) is 0 Å². The lowest BCUT2D eigenvalue weighted by Gasteiger charge is -2.10. The molecule has 6 heteroatoms. The number of nitrogens with zero attached hydrogens (tertiary/aromatic N) is 1. The number of anilines is 1. The normalized spacial score (nSPS) is 12.4. The summed E-state index contributed by atoms with van der Waals surface area (Å²) in [5.74, 6) is 1.09. The minimum absolute atomic E-state index is 0.0716. The first-order valence-electron chi connectivity index (χ1n) is 5.16. The Hall–Kier alpha value is -1.17. The van der Waals surface area contributed by atoms with Crippen molar-refractivity contribution < 1.29 is 14.3 Å². The van der Waals surface area contributed by atoms with Crippen molar-refractivity contribution in [2.45, 2.75) is 26.3 Å². The molecule has 1 aromatic heterocycles. The molecule has 0 aliphatic rings. The topological polar surface area (TPSA) is 75.4 Å². The van der Waals surface area contributed by atoms with Gasteiger partial charge in [-0.05, 0) is 24.9 Å². The average Bonchev–Trinajstić information content (AvgIpc) is 2.66. The number of rotatable bonds is 7. The summed E-state index contributed by atoms with van der Waals surface area (Å²) < 4.78 is 4.99. The van der Waals surface area contributed by atoms with Gasteiger partial charge in [-0.15, -0.1) is 0 Å². The first kappa shape index (κ1) is 12.9. The zero-order chi connectivity index (χ0) is 12.0. The highest BCUT2D eigenvalue weighted by Gasteiger charge is 2.11. The van der Waals surface area contributed by atoms with E-state index < -0.39 is 5.97 Å². The van der Waals surface area contributed by atoms with Crippen molar-refractivity contribution >= 4 is 23.7 Å². The monoisotopic (exact) mass is 244 g/mol. The molecule has 0 saturated carbocycles. The van der Waals surface area contributed by atoms with Gasteiger partial charge in [0, 0.05) is 6.04 Å². The lowest BCUT2D eigenvalue weighted by Crippen LogP contribution is -2.16. The smallest absolute Gasteiger partial charge is 0.357 e. The zero-order valence-corrected chi connectivity index (χ0v) is 10.2. The van der Waals surface area contributed by atoms with Crippen LogP contribution in [0.4, 0.5) is 6.01 Å². The number of hydrogen-bond acceptors (Lipinski definition) is 5. The van der Waals surface area contributed by atoms with Crippen molar-refractivity contribution in [3.05, 3.63) is 12.0 Å². The summed E-state index contributed by atoms with van der Waals surface area (Å²) in [7, 11) is 0. The highest BCUT2D eigenvalue weighted by atomic mass is 32.2. The third-order valence-corrected chi connectivity index (χ3v) is 2.93. The Labute approximate surface area is 98.6 Å². The molecule has 0 aromatic carbocycles. The van der Waals surface area contributed by atoms with Crippen molar-refractivity contribution in [1.82, 2.24) is 4.98 Å². The number of aromatic nitrogens is 1. The zero-order valence-electron chi connectivity index (χ0n) is 9.40. The highest BCUT2D eigenvalue weighted by molar-refractivity contribution is 7.99. The Morgan fingerprint density at radius 1 is 1.75 bits per heavy atom. The standard InChI is InChI=1S/C10H16N2O3S/c1-3-16-5-4-7(2)11-10-12-8(6-15-10)9(13)14/h6-7H,3-5H2,1-2H3,(H,11,12)(H,13,14). The molecular weight excluding hydrogens is 228 g/mol. The number of nitrogens with one attached hydrogen (secondary N) is 1. The van der Waals surface area contributed by atoms with Gasteiger partial charge in [0.05, 0.1) is 0 Å². The molecule has 0 spiro atoms. The van der Waals surface area contributed by atoms with Gasteiger partial charge in [-0.25, -0.2) is 4.79 Å². The predicted octanol–water partition coefficient (Wildman–Crippen LogP) is 2.32. The Kier molecular flexibility index (Phi) is 5.18. The van der Waals surface area contributed by atoms with E-state index in [1.165, 1.54) is 0 Å². The quantitative estimate of drug-likeness (QED) is 0.717. The first-order chi connectivity index (χ1) is 7.63. The van der Waals surface area contributed by atoms with Crippen LogP contribution in [0.2, 0.25) is 0 Å². The molecule has 0 saturated heterocycles. The Morgan fingerprint density at radius 2 is 2.50 bits per heavy atom. The van der Waals surface area contributed by atoms with Gasteiger partial charge < -0.3 is 14.8 Å². The van der Waals surface area contributed by atoms with Gasteiger partial charge in [-0.2, -0.15) is 16.7 Å². The molecule has 1 atom stereocenters. The van der Waals surface area contributed by atoms with Gasteiger partial charge in [0.1, 0.15) is 6.26 Å². The van der Waals surface area contributed by atoms with E-state index in [1.54, 1.807) is 0 Å². The number of carboxylic acids is 1. The minimum atomic E-state index is -1.08. The molecule has 0 radical (unpaired) electrons. The maximum absolute atomic E-state index is 10.6. The summed E-state index contributed by atoms with van der Waals surface area (Å²) in [4.78, 5) is 14.4. The Bertz CT molecular complexity index is 341. The minimum Gasteiger partial charge on any atom is -0.476 e. The third kappa shape index (κ3) is 4.14. The Balaban J connectivity index is 2.37. The first-order valence-corrected chi connectivity index (χ1v) is 6.32. The van der Waals surface area contributed by atoms with Crippen LogP contribution in [0.3, 0.4) is 0 Å². The Morgan fingerprint density at radius 3 is 3.06 bits per heavy atom. The van der Waals surface area contributed by atoms with Crippen LogP contribution in [0.15, 0.2) is 10.7 Å². The SMILES string of the molecule is CCSCCC(C)Nc1nc(C(=O)O)co1. The van der Waals surface area contributed by atoms with E-state index >= 15 is 0 Å². The van der Waals surface area contributed by atoms with Crippen LogP contribution in [0.1, 0.15) is 30.8 Å². The molecule has 0 bridgehead atoms. The molecule has 0 aliphatic heterocycles. The summed E-state index contributed by atoms with van der Waals surface area (Å²) >= 11 is 1.87. The van der Waals surface area contributed by atoms with E-state index in [2.05, 4.69) is 17.2 Å². The van der Waals surface area contributed by atoms with Crippen molar-refractivity contribution in [2.75, 3.05) is 16.8 Å². The second kappa shape index (κ2) is 6.42. The van der Waals surface area contributed by atoms with E-state index in [9.17, 15) is 4.79 Å². The van der Waals surface area contributed by atoms with Gasteiger partial charge in [-0.1, -0.05) is 6.92 Å².